The van der Waals surface area contributed by atoms with E-state index in [9.17, 15) is 9.18 Å². The Hall–Kier alpha value is -2.82. The number of carbonyl (C=O) groups excluding carboxylic acids is 1. The molecule has 0 spiro atoms. The Labute approximate surface area is 146 Å². The average Bonchev–Trinajstić information content (AvgIpc) is 3.03. The van der Waals surface area contributed by atoms with Crippen LogP contribution in [-0.2, 0) is 16.8 Å². The second kappa shape index (κ2) is 6.59. The van der Waals surface area contributed by atoms with Crippen LogP contribution in [0.3, 0.4) is 0 Å². The number of benzene rings is 2. The van der Waals surface area contributed by atoms with Crippen LogP contribution in [0.1, 0.15) is 25.0 Å². The highest BCUT2D eigenvalue weighted by atomic mass is 19.1. The van der Waals surface area contributed by atoms with Gasteiger partial charge < -0.3 is 15.0 Å². The van der Waals surface area contributed by atoms with Crippen LogP contribution in [0.5, 0.6) is 5.75 Å². The topological polar surface area (TPSA) is 54.1 Å². The van der Waals surface area contributed by atoms with Gasteiger partial charge in [0.15, 0.2) is 0 Å². The first kappa shape index (κ1) is 17.0. The number of ether oxygens (including phenoxy) is 1. The number of methoxy groups -OCH3 is 1. The molecular weight excluding hydrogens is 319 g/mol. The molecule has 25 heavy (non-hydrogen) atoms. The molecular formula is C20H21FN2O2. The zero-order valence-corrected chi connectivity index (χ0v) is 14.5. The predicted molar refractivity (Wildman–Crippen MR) is 96.1 cm³/mol. The van der Waals surface area contributed by atoms with E-state index in [2.05, 4.69) is 10.3 Å². The fourth-order valence-corrected chi connectivity index (χ4v) is 2.98. The highest BCUT2D eigenvalue weighted by molar-refractivity contribution is 5.94. The zero-order chi connectivity index (χ0) is 18.0. The molecule has 130 valence electrons. The van der Waals surface area contributed by atoms with Gasteiger partial charge in [-0.25, -0.2) is 4.39 Å². The first-order chi connectivity index (χ1) is 11.9. The summed E-state index contributed by atoms with van der Waals surface area (Å²) in [7, 11) is 1.60. The number of hydrogen-bond donors (Lipinski definition) is 2. The summed E-state index contributed by atoms with van der Waals surface area (Å²) in [5.74, 6) is 0.275. The van der Waals surface area contributed by atoms with Crippen molar-refractivity contribution in [3.05, 3.63) is 65.6 Å². The van der Waals surface area contributed by atoms with Gasteiger partial charge in [-0.3, -0.25) is 4.79 Å². The Bertz CT molecular complexity index is 915. The van der Waals surface area contributed by atoms with Gasteiger partial charge >= 0.3 is 0 Å². The van der Waals surface area contributed by atoms with Crippen LogP contribution in [0.25, 0.3) is 10.9 Å². The van der Waals surface area contributed by atoms with E-state index in [1.54, 1.807) is 19.4 Å². The number of amides is 1. The van der Waals surface area contributed by atoms with E-state index in [4.69, 9.17) is 4.74 Å². The lowest BCUT2D eigenvalue weighted by Gasteiger charge is -2.24. The molecule has 3 rings (SSSR count). The Morgan fingerprint density at radius 1 is 1.24 bits per heavy atom. The third-order valence-corrected chi connectivity index (χ3v) is 4.52. The molecule has 0 aliphatic rings. The zero-order valence-electron chi connectivity index (χ0n) is 14.5. The monoisotopic (exact) mass is 340 g/mol. The molecule has 0 saturated heterocycles. The Morgan fingerprint density at radius 3 is 2.76 bits per heavy atom. The maximum absolute atomic E-state index is 13.6. The fraction of sp³-hybridized carbons (Fsp3) is 0.250. The van der Waals surface area contributed by atoms with E-state index >= 15 is 0 Å². The number of rotatable bonds is 5. The van der Waals surface area contributed by atoms with Crippen molar-refractivity contribution in [1.82, 2.24) is 10.3 Å². The van der Waals surface area contributed by atoms with Gasteiger partial charge in [0.25, 0.3) is 0 Å². The van der Waals surface area contributed by atoms with Crippen LogP contribution in [0.2, 0.25) is 0 Å². The first-order valence-corrected chi connectivity index (χ1v) is 8.11. The molecule has 5 heteroatoms. The number of aromatic nitrogens is 1. The summed E-state index contributed by atoms with van der Waals surface area (Å²) in [6.45, 7) is 4.03. The third-order valence-electron chi connectivity index (χ3n) is 4.52. The van der Waals surface area contributed by atoms with Gasteiger partial charge in [-0.15, -0.1) is 0 Å². The minimum absolute atomic E-state index is 0.136. The Kier molecular flexibility index (Phi) is 4.49. The van der Waals surface area contributed by atoms with Crippen LogP contribution < -0.4 is 10.1 Å². The summed E-state index contributed by atoms with van der Waals surface area (Å²) in [6, 6.07) is 12.1. The van der Waals surface area contributed by atoms with Crippen LogP contribution in [0, 0.1) is 5.82 Å². The summed E-state index contributed by atoms with van der Waals surface area (Å²) in [6.07, 6.45) is 1.77. The van der Waals surface area contributed by atoms with Crippen molar-refractivity contribution >= 4 is 16.8 Å². The van der Waals surface area contributed by atoms with Crippen LogP contribution in [0.15, 0.2) is 48.7 Å². The molecule has 2 N–H and O–H groups in total. The Morgan fingerprint density at radius 2 is 2.00 bits per heavy atom. The van der Waals surface area contributed by atoms with E-state index in [-0.39, 0.29) is 11.7 Å². The number of carbonyl (C=O) groups is 1. The van der Waals surface area contributed by atoms with Crippen LogP contribution in [-0.4, -0.2) is 18.0 Å². The van der Waals surface area contributed by atoms with Crippen molar-refractivity contribution in [2.75, 3.05) is 7.11 Å². The molecule has 0 unspecified atom stereocenters. The number of halogens is 1. The minimum Gasteiger partial charge on any atom is -0.496 e. The van der Waals surface area contributed by atoms with E-state index in [1.165, 1.54) is 12.1 Å². The Balaban J connectivity index is 1.83. The van der Waals surface area contributed by atoms with Crippen molar-refractivity contribution in [1.29, 1.82) is 0 Å². The maximum atomic E-state index is 13.6. The van der Waals surface area contributed by atoms with Crippen molar-refractivity contribution in [2.24, 2.45) is 0 Å². The fourth-order valence-electron chi connectivity index (χ4n) is 2.98. The summed E-state index contributed by atoms with van der Waals surface area (Å²) in [5.41, 5.74) is 1.66. The third kappa shape index (κ3) is 3.22. The molecule has 0 aliphatic heterocycles. The molecule has 0 bridgehead atoms. The van der Waals surface area contributed by atoms with Crippen LogP contribution in [0.4, 0.5) is 4.39 Å². The van der Waals surface area contributed by atoms with Crippen molar-refractivity contribution in [3.8, 4) is 5.75 Å². The molecule has 0 atom stereocenters. The number of para-hydroxylation sites is 1. The van der Waals surface area contributed by atoms with Gasteiger partial charge in [0.1, 0.15) is 11.6 Å². The lowest BCUT2D eigenvalue weighted by atomic mass is 9.83. The molecule has 3 aromatic rings. The van der Waals surface area contributed by atoms with Crippen LogP contribution >= 0.6 is 0 Å². The van der Waals surface area contributed by atoms with Gasteiger partial charge in [-0.05, 0) is 43.7 Å². The molecule has 1 heterocycles. The molecule has 1 aromatic heterocycles. The summed E-state index contributed by atoms with van der Waals surface area (Å²) in [4.78, 5) is 15.9. The van der Waals surface area contributed by atoms with E-state index < -0.39 is 5.41 Å². The van der Waals surface area contributed by atoms with Gasteiger partial charge in [-0.1, -0.05) is 18.2 Å². The van der Waals surface area contributed by atoms with Crippen molar-refractivity contribution in [2.45, 2.75) is 25.8 Å². The number of nitrogens with one attached hydrogen (secondary N) is 2. The molecule has 0 aliphatic carbocycles. The highest BCUT2D eigenvalue weighted by Gasteiger charge is 2.32. The standard InChI is InChI=1S/C20H21FN2O2/c1-20(2,16-12-22-17-9-8-14(21)10-15(16)17)19(24)23-11-13-6-4-5-7-18(13)25-3/h4-10,12,22H,11H2,1-3H3,(H,23,24). The van der Waals surface area contributed by atoms with Gasteiger partial charge in [0.2, 0.25) is 5.91 Å². The van der Waals surface area contributed by atoms with E-state index in [1.807, 2.05) is 38.1 Å². The molecule has 0 radical (unpaired) electrons. The molecule has 0 saturated carbocycles. The van der Waals surface area contributed by atoms with Gasteiger partial charge in [0, 0.05) is 29.2 Å². The second-order valence-electron chi connectivity index (χ2n) is 6.51. The summed E-state index contributed by atoms with van der Waals surface area (Å²) < 4.78 is 18.9. The maximum Gasteiger partial charge on any atom is 0.230 e. The smallest absolute Gasteiger partial charge is 0.230 e. The van der Waals surface area contributed by atoms with Gasteiger partial charge in [-0.2, -0.15) is 0 Å². The largest absolute Gasteiger partial charge is 0.496 e. The molecule has 1 amide bonds. The number of fused-ring (bicyclic) bond motifs is 1. The molecule has 0 fully saturated rings. The number of H-pyrrole nitrogens is 1. The van der Waals surface area contributed by atoms with E-state index in [0.29, 0.717) is 6.54 Å². The predicted octanol–water partition coefficient (Wildman–Crippen LogP) is 3.91. The SMILES string of the molecule is COc1ccccc1CNC(=O)C(C)(C)c1c[nH]c2ccc(F)cc12. The lowest BCUT2D eigenvalue weighted by molar-refractivity contribution is -0.125. The normalized spacial score (nSPS) is 11.5. The minimum atomic E-state index is -0.811. The molecule has 4 nitrogen and oxygen atoms in total. The first-order valence-electron chi connectivity index (χ1n) is 8.11. The second-order valence-corrected chi connectivity index (χ2v) is 6.51. The molecule has 2 aromatic carbocycles. The number of aromatic amines is 1. The highest BCUT2D eigenvalue weighted by Crippen LogP contribution is 2.31. The van der Waals surface area contributed by atoms with Crippen molar-refractivity contribution in [3.63, 3.8) is 0 Å². The van der Waals surface area contributed by atoms with E-state index in [0.717, 1.165) is 27.8 Å². The summed E-state index contributed by atoms with van der Waals surface area (Å²) >= 11 is 0. The number of hydrogen-bond acceptors (Lipinski definition) is 2. The quantitative estimate of drug-likeness (QED) is 0.740. The summed E-state index contributed by atoms with van der Waals surface area (Å²) in [5, 5.41) is 3.67. The average molecular weight is 340 g/mol. The van der Waals surface area contributed by atoms with Crippen molar-refractivity contribution < 1.29 is 13.9 Å². The van der Waals surface area contributed by atoms with Gasteiger partial charge in [0.05, 0.1) is 12.5 Å². The lowest BCUT2D eigenvalue weighted by Crippen LogP contribution is -2.39.